The molecule has 1 aromatic carbocycles. The fourth-order valence-electron chi connectivity index (χ4n) is 2.48. The van der Waals surface area contributed by atoms with E-state index in [-0.39, 0.29) is 5.91 Å². The van der Waals surface area contributed by atoms with E-state index in [1.54, 1.807) is 56.0 Å². The summed E-state index contributed by atoms with van der Waals surface area (Å²) in [4.78, 5) is 25.6. The number of nitrogens with zero attached hydrogens (tertiary/aromatic N) is 5. The van der Waals surface area contributed by atoms with Gasteiger partial charge in [0.2, 0.25) is 0 Å². The zero-order chi connectivity index (χ0) is 18.8. The SMILES string of the molecule is Cc1nc(-c2ncccn2)sc1C(=O)Nc1ccc(-n2cccn2)c(F)c1. The molecule has 3 aromatic heterocycles. The summed E-state index contributed by atoms with van der Waals surface area (Å²) in [6.07, 6.45) is 6.44. The summed E-state index contributed by atoms with van der Waals surface area (Å²) in [5.74, 6) is -0.395. The number of hydrogen-bond acceptors (Lipinski definition) is 6. The predicted octanol–water partition coefficient (Wildman–Crippen LogP) is 3.49. The molecule has 0 aliphatic rings. The van der Waals surface area contributed by atoms with E-state index in [2.05, 4.69) is 25.4 Å². The van der Waals surface area contributed by atoms with Crippen molar-refractivity contribution in [3.05, 3.63) is 71.5 Å². The normalized spacial score (nSPS) is 10.7. The third kappa shape index (κ3) is 3.44. The minimum absolute atomic E-state index is 0.301. The van der Waals surface area contributed by atoms with Crippen LogP contribution in [0.3, 0.4) is 0 Å². The smallest absolute Gasteiger partial charge is 0.267 e. The van der Waals surface area contributed by atoms with Crippen LogP contribution in [-0.2, 0) is 0 Å². The average molecular weight is 380 g/mol. The number of nitrogens with one attached hydrogen (secondary N) is 1. The summed E-state index contributed by atoms with van der Waals surface area (Å²) < 4.78 is 15.7. The lowest BCUT2D eigenvalue weighted by Gasteiger charge is -2.07. The fraction of sp³-hybridized carbons (Fsp3) is 0.0556. The van der Waals surface area contributed by atoms with Crippen LogP contribution in [0.1, 0.15) is 15.4 Å². The van der Waals surface area contributed by atoms with Crippen molar-refractivity contribution in [1.82, 2.24) is 24.7 Å². The number of thiazole rings is 1. The number of benzene rings is 1. The van der Waals surface area contributed by atoms with Gasteiger partial charge >= 0.3 is 0 Å². The van der Waals surface area contributed by atoms with E-state index in [1.165, 1.54) is 22.1 Å². The third-order valence-corrected chi connectivity index (χ3v) is 4.87. The Morgan fingerprint density at radius 3 is 2.70 bits per heavy atom. The summed E-state index contributed by atoms with van der Waals surface area (Å²) >= 11 is 1.19. The van der Waals surface area contributed by atoms with Crippen molar-refractivity contribution in [2.75, 3.05) is 5.32 Å². The quantitative estimate of drug-likeness (QED) is 0.586. The number of anilines is 1. The largest absolute Gasteiger partial charge is 0.321 e. The van der Waals surface area contributed by atoms with Gasteiger partial charge in [0.05, 0.1) is 5.69 Å². The second kappa shape index (κ2) is 7.04. The van der Waals surface area contributed by atoms with Gasteiger partial charge in [0, 0.05) is 30.5 Å². The first-order valence-electron chi connectivity index (χ1n) is 7.97. The molecular formula is C18H13FN6OS. The zero-order valence-electron chi connectivity index (χ0n) is 14.1. The molecule has 0 radical (unpaired) electrons. The van der Waals surface area contributed by atoms with Crippen LogP contribution in [0.5, 0.6) is 0 Å². The molecule has 0 unspecified atom stereocenters. The molecule has 1 N–H and O–H groups in total. The minimum Gasteiger partial charge on any atom is -0.321 e. The molecule has 0 aliphatic heterocycles. The second-order valence-corrected chi connectivity index (χ2v) is 6.58. The van der Waals surface area contributed by atoms with Crippen molar-refractivity contribution >= 4 is 22.9 Å². The Labute approximate surface area is 157 Å². The van der Waals surface area contributed by atoms with Gasteiger partial charge in [-0.1, -0.05) is 0 Å². The van der Waals surface area contributed by atoms with E-state index in [1.807, 2.05) is 0 Å². The predicted molar refractivity (Wildman–Crippen MR) is 99.4 cm³/mol. The van der Waals surface area contributed by atoms with Crippen molar-refractivity contribution in [1.29, 1.82) is 0 Å². The Morgan fingerprint density at radius 2 is 2.00 bits per heavy atom. The first-order valence-corrected chi connectivity index (χ1v) is 8.79. The summed E-state index contributed by atoms with van der Waals surface area (Å²) in [7, 11) is 0. The Hall–Kier alpha value is -3.46. The molecule has 4 rings (SSSR count). The van der Waals surface area contributed by atoms with E-state index in [0.29, 0.717) is 32.8 Å². The van der Waals surface area contributed by atoms with Crippen molar-refractivity contribution in [3.8, 4) is 16.5 Å². The lowest BCUT2D eigenvalue weighted by atomic mass is 10.2. The molecule has 134 valence electrons. The van der Waals surface area contributed by atoms with E-state index in [9.17, 15) is 9.18 Å². The van der Waals surface area contributed by atoms with Gasteiger partial charge in [0.25, 0.3) is 5.91 Å². The van der Waals surface area contributed by atoms with Crippen molar-refractivity contribution < 1.29 is 9.18 Å². The molecule has 3 heterocycles. The minimum atomic E-state index is -0.490. The molecular weight excluding hydrogens is 367 g/mol. The van der Waals surface area contributed by atoms with Crippen LogP contribution in [0, 0.1) is 12.7 Å². The molecule has 9 heteroatoms. The van der Waals surface area contributed by atoms with Gasteiger partial charge in [-0.25, -0.2) is 24.0 Å². The van der Waals surface area contributed by atoms with Gasteiger partial charge in [0.1, 0.15) is 10.6 Å². The number of aromatic nitrogens is 5. The Balaban J connectivity index is 1.56. The van der Waals surface area contributed by atoms with Gasteiger partial charge in [-0.05, 0) is 37.3 Å². The Morgan fingerprint density at radius 1 is 1.19 bits per heavy atom. The van der Waals surface area contributed by atoms with Gasteiger partial charge < -0.3 is 5.32 Å². The fourth-order valence-corrected chi connectivity index (χ4v) is 3.39. The first-order chi connectivity index (χ1) is 13.1. The Bertz CT molecular complexity index is 1090. The number of aryl methyl sites for hydroxylation is 1. The summed E-state index contributed by atoms with van der Waals surface area (Å²) in [5, 5.41) is 7.25. The molecule has 0 bridgehead atoms. The monoisotopic (exact) mass is 380 g/mol. The summed E-state index contributed by atoms with van der Waals surface area (Å²) in [6.45, 7) is 1.74. The molecule has 7 nitrogen and oxygen atoms in total. The highest BCUT2D eigenvalue weighted by Crippen LogP contribution is 2.26. The van der Waals surface area contributed by atoms with Crippen LogP contribution in [0.2, 0.25) is 0 Å². The van der Waals surface area contributed by atoms with Crippen LogP contribution < -0.4 is 5.32 Å². The Kier molecular flexibility index (Phi) is 4.43. The number of amides is 1. The highest BCUT2D eigenvalue weighted by Gasteiger charge is 2.18. The van der Waals surface area contributed by atoms with E-state index < -0.39 is 5.82 Å². The molecule has 0 atom stereocenters. The van der Waals surface area contributed by atoms with Crippen LogP contribution in [0.4, 0.5) is 10.1 Å². The topological polar surface area (TPSA) is 85.6 Å². The molecule has 0 aliphatic carbocycles. The van der Waals surface area contributed by atoms with E-state index in [0.717, 1.165) is 0 Å². The van der Waals surface area contributed by atoms with Gasteiger partial charge in [-0.2, -0.15) is 5.10 Å². The molecule has 0 saturated heterocycles. The standard InChI is InChI=1S/C18H13FN6OS/c1-11-15(27-18(23-11)16-20-6-2-7-21-16)17(26)24-12-4-5-14(13(19)10-12)25-9-3-8-22-25/h2-10H,1H3,(H,24,26). The second-order valence-electron chi connectivity index (χ2n) is 5.58. The van der Waals surface area contributed by atoms with Crippen LogP contribution in [0.15, 0.2) is 55.1 Å². The number of hydrogen-bond donors (Lipinski definition) is 1. The number of rotatable bonds is 4. The number of carbonyl (C=O) groups is 1. The maximum atomic E-state index is 14.3. The maximum absolute atomic E-state index is 14.3. The van der Waals surface area contributed by atoms with Gasteiger partial charge in [-0.3, -0.25) is 4.79 Å². The lowest BCUT2D eigenvalue weighted by molar-refractivity contribution is 0.103. The third-order valence-electron chi connectivity index (χ3n) is 3.72. The van der Waals surface area contributed by atoms with Crippen LogP contribution >= 0.6 is 11.3 Å². The summed E-state index contributed by atoms with van der Waals surface area (Å²) in [6, 6.07) is 7.84. The van der Waals surface area contributed by atoms with Crippen LogP contribution in [0.25, 0.3) is 16.5 Å². The molecule has 4 aromatic rings. The molecule has 1 amide bonds. The van der Waals surface area contributed by atoms with Gasteiger partial charge in [-0.15, -0.1) is 11.3 Å². The highest BCUT2D eigenvalue weighted by atomic mass is 32.1. The first kappa shape index (κ1) is 17.0. The van der Waals surface area contributed by atoms with E-state index in [4.69, 9.17) is 0 Å². The maximum Gasteiger partial charge on any atom is 0.267 e. The van der Waals surface area contributed by atoms with Crippen molar-refractivity contribution in [2.45, 2.75) is 6.92 Å². The van der Waals surface area contributed by atoms with Crippen LogP contribution in [-0.4, -0.2) is 30.6 Å². The molecule has 0 saturated carbocycles. The summed E-state index contributed by atoms with van der Waals surface area (Å²) in [5.41, 5.74) is 1.21. The molecule has 0 fully saturated rings. The van der Waals surface area contributed by atoms with Crippen molar-refractivity contribution in [3.63, 3.8) is 0 Å². The molecule has 0 spiro atoms. The lowest BCUT2D eigenvalue weighted by Crippen LogP contribution is -2.12. The van der Waals surface area contributed by atoms with E-state index >= 15 is 0 Å². The number of carbonyl (C=O) groups excluding carboxylic acids is 1. The average Bonchev–Trinajstić information content (AvgIpc) is 3.32. The zero-order valence-corrected chi connectivity index (χ0v) is 14.9. The number of halogens is 1. The van der Waals surface area contributed by atoms with Gasteiger partial charge in [0.15, 0.2) is 16.6 Å². The molecule has 27 heavy (non-hydrogen) atoms. The van der Waals surface area contributed by atoms with Crippen molar-refractivity contribution in [2.24, 2.45) is 0 Å². The highest BCUT2D eigenvalue weighted by molar-refractivity contribution is 7.17.